The van der Waals surface area contributed by atoms with E-state index in [1.54, 1.807) is 7.11 Å². The Morgan fingerprint density at radius 3 is 2.58 bits per heavy atom. The highest BCUT2D eigenvalue weighted by molar-refractivity contribution is 9.10. The van der Waals surface area contributed by atoms with Gasteiger partial charge in [0.1, 0.15) is 6.61 Å². The topological polar surface area (TPSA) is 30.5 Å². The van der Waals surface area contributed by atoms with Crippen LogP contribution < -0.4 is 14.8 Å². The van der Waals surface area contributed by atoms with Crippen LogP contribution in [0.2, 0.25) is 5.02 Å². The summed E-state index contributed by atoms with van der Waals surface area (Å²) in [6.45, 7) is 4.46. The fraction of sp³-hybridized carbons (Fsp3) is 0.429. The Morgan fingerprint density at radius 1 is 1.04 bits per heavy atom. The first-order chi connectivity index (χ1) is 12.7. The average molecular weight is 441 g/mol. The Kier molecular flexibility index (Phi) is 9.30. The number of hydrogen-bond donors (Lipinski definition) is 1. The summed E-state index contributed by atoms with van der Waals surface area (Å²) in [5.74, 6) is 1.43. The van der Waals surface area contributed by atoms with Gasteiger partial charge in [-0.05, 0) is 36.7 Å². The molecule has 142 valence electrons. The first-order valence-electron chi connectivity index (χ1n) is 9.09. The molecule has 0 amide bonds. The summed E-state index contributed by atoms with van der Waals surface area (Å²) in [4.78, 5) is 0. The molecular weight excluding hydrogens is 414 g/mol. The van der Waals surface area contributed by atoms with Crippen molar-refractivity contribution in [2.45, 2.75) is 45.8 Å². The molecule has 0 fully saturated rings. The third kappa shape index (κ3) is 6.49. The van der Waals surface area contributed by atoms with E-state index in [0.717, 1.165) is 34.4 Å². The molecule has 0 spiro atoms. The molecule has 0 unspecified atom stereocenters. The van der Waals surface area contributed by atoms with Crippen LogP contribution in [0, 0.1) is 0 Å². The van der Waals surface area contributed by atoms with Gasteiger partial charge in [-0.3, -0.25) is 0 Å². The molecule has 3 nitrogen and oxygen atoms in total. The molecule has 0 aliphatic rings. The van der Waals surface area contributed by atoms with Crippen LogP contribution in [0.5, 0.6) is 11.5 Å². The van der Waals surface area contributed by atoms with E-state index < -0.39 is 0 Å². The minimum atomic E-state index is 0.400. The number of unbranched alkanes of at least 4 members (excludes halogenated alkanes) is 3. The number of hydrogen-bond acceptors (Lipinski definition) is 3. The zero-order valence-electron chi connectivity index (χ0n) is 15.5. The third-order valence-electron chi connectivity index (χ3n) is 4.20. The molecule has 0 saturated carbocycles. The van der Waals surface area contributed by atoms with Gasteiger partial charge < -0.3 is 14.8 Å². The predicted molar refractivity (Wildman–Crippen MR) is 112 cm³/mol. The second-order valence-electron chi connectivity index (χ2n) is 6.21. The molecule has 0 bridgehead atoms. The molecule has 0 atom stereocenters. The molecule has 1 N–H and O–H groups in total. The molecule has 0 aliphatic heterocycles. The maximum absolute atomic E-state index is 6.19. The fourth-order valence-electron chi connectivity index (χ4n) is 2.66. The lowest BCUT2D eigenvalue weighted by atomic mass is 10.1. The third-order valence-corrected chi connectivity index (χ3v) is 5.30. The summed E-state index contributed by atoms with van der Waals surface area (Å²) < 4.78 is 12.5. The van der Waals surface area contributed by atoms with Crippen molar-refractivity contribution in [3.8, 4) is 11.5 Å². The normalized spacial score (nSPS) is 10.8. The van der Waals surface area contributed by atoms with Crippen molar-refractivity contribution in [1.29, 1.82) is 0 Å². The number of ether oxygens (including phenoxy) is 2. The highest BCUT2D eigenvalue weighted by Gasteiger charge is 2.11. The molecule has 0 saturated heterocycles. The Morgan fingerprint density at radius 2 is 1.85 bits per heavy atom. The second-order valence-corrected chi connectivity index (χ2v) is 7.47. The van der Waals surface area contributed by atoms with Gasteiger partial charge in [-0.15, -0.1) is 0 Å². The van der Waals surface area contributed by atoms with Crippen molar-refractivity contribution >= 4 is 27.5 Å². The number of benzene rings is 2. The van der Waals surface area contributed by atoms with Gasteiger partial charge in [0, 0.05) is 21.6 Å². The molecule has 2 aromatic rings. The average Bonchev–Trinajstić information content (AvgIpc) is 2.65. The van der Waals surface area contributed by atoms with Gasteiger partial charge in [0.15, 0.2) is 11.5 Å². The molecule has 2 rings (SSSR count). The van der Waals surface area contributed by atoms with Gasteiger partial charge in [-0.1, -0.05) is 71.9 Å². The monoisotopic (exact) mass is 439 g/mol. The predicted octanol–water partition coefficient (Wildman–Crippen LogP) is 6.36. The van der Waals surface area contributed by atoms with Crippen LogP contribution in [0.1, 0.15) is 43.7 Å². The fourth-order valence-corrected chi connectivity index (χ4v) is 3.31. The summed E-state index contributed by atoms with van der Waals surface area (Å²) in [7, 11) is 1.66. The first kappa shape index (κ1) is 21.1. The van der Waals surface area contributed by atoms with Crippen LogP contribution >= 0.6 is 27.5 Å². The summed E-state index contributed by atoms with van der Waals surface area (Å²) >= 11 is 9.84. The van der Waals surface area contributed by atoms with E-state index in [4.69, 9.17) is 21.1 Å². The van der Waals surface area contributed by atoms with Gasteiger partial charge in [-0.2, -0.15) is 0 Å². The van der Waals surface area contributed by atoms with Crippen LogP contribution in [0.3, 0.4) is 0 Å². The van der Waals surface area contributed by atoms with Crippen molar-refractivity contribution < 1.29 is 9.47 Å². The van der Waals surface area contributed by atoms with Crippen LogP contribution in [-0.2, 0) is 13.2 Å². The van der Waals surface area contributed by atoms with Crippen LogP contribution in [-0.4, -0.2) is 13.7 Å². The standard InChI is InChI=1S/C21H27BrClNO2/c1-3-4-5-8-11-24-14-17-12-20(25-2)21(13-18(17)22)26-15-16-9-6-7-10-19(16)23/h6-7,9-10,12-13,24H,3-5,8,11,14-15H2,1-2H3. The van der Waals surface area contributed by atoms with Gasteiger partial charge in [0.05, 0.1) is 7.11 Å². The van der Waals surface area contributed by atoms with E-state index in [1.807, 2.05) is 36.4 Å². The molecular formula is C21H27BrClNO2. The van der Waals surface area contributed by atoms with E-state index >= 15 is 0 Å². The number of methoxy groups -OCH3 is 1. The maximum atomic E-state index is 6.19. The Bertz CT molecular complexity index is 694. The van der Waals surface area contributed by atoms with Crippen molar-refractivity contribution in [2.24, 2.45) is 0 Å². The van der Waals surface area contributed by atoms with Crippen molar-refractivity contribution in [1.82, 2.24) is 5.32 Å². The molecule has 0 heterocycles. The Balaban J connectivity index is 1.96. The van der Waals surface area contributed by atoms with Crippen LogP contribution in [0.15, 0.2) is 40.9 Å². The van der Waals surface area contributed by atoms with Crippen molar-refractivity contribution in [2.75, 3.05) is 13.7 Å². The summed E-state index contributed by atoms with van der Waals surface area (Å²) in [6, 6.07) is 11.7. The van der Waals surface area contributed by atoms with E-state index in [0.29, 0.717) is 17.4 Å². The molecule has 2 aromatic carbocycles. The lowest BCUT2D eigenvalue weighted by Crippen LogP contribution is -2.15. The van der Waals surface area contributed by atoms with Gasteiger partial charge in [0.25, 0.3) is 0 Å². The van der Waals surface area contributed by atoms with Crippen LogP contribution in [0.4, 0.5) is 0 Å². The van der Waals surface area contributed by atoms with Gasteiger partial charge in [-0.25, -0.2) is 0 Å². The minimum Gasteiger partial charge on any atom is -0.493 e. The summed E-state index contributed by atoms with van der Waals surface area (Å²) in [5.41, 5.74) is 2.10. The van der Waals surface area contributed by atoms with Gasteiger partial charge >= 0.3 is 0 Å². The molecule has 0 aliphatic carbocycles. The molecule has 5 heteroatoms. The minimum absolute atomic E-state index is 0.400. The van der Waals surface area contributed by atoms with E-state index in [-0.39, 0.29) is 0 Å². The smallest absolute Gasteiger partial charge is 0.162 e. The number of nitrogens with one attached hydrogen (secondary N) is 1. The highest BCUT2D eigenvalue weighted by atomic mass is 79.9. The molecule has 0 aromatic heterocycles. The van der Waals surface area contributed by atoms with E-state index in [9.17, 15) is 0 Å². The maximum Gasteiger partial charge on any atom is 0.162 e. The zero-order valence-corrected chi connectivity index (χ0v) is 17.8. The first-order valence-corrected chi connectivity index (χ1v) is 10.3. The van der Waals surface area contributed by atoms with E-state index in [2.05, 4.69) is 28.2 Å². The summed E-state index contributed by atoms with van der Waals surface area (Å²) in [5, 5.41) is 4.20. The highest BCUT2D eigenvalue weighted by Crippen LogP contribution is 2.34. The molecule has 26 heavy (non-hydrogen) atoms. The zero-order chi connectivity index (χ0) is 18.8. The van der Waals surface area contributed by atoms with Crippen LogP contribution in [0.25, 0.3) is 0 Å². The second kappa shape index (κ2) is 11.5. The quantitative estimate of drug-likeness (QED) is 0.412. The number of rotatable bonds is 11. The Hall–Kier alpha value is -1.23. The lowest BCUT2D eigenvalue weighted by molar-refractivity contribution is 0.284. The molecule has 0 radical (unpaired) electrons. The van der Waals surface area contributed by atoms with Crippen molar-refractivity contribution in [3.63, 3.8) is 0 Å². The number of halogens is 2. The lowest BCUT2D eigenvalue weighted by Gasteiger charge is -2.15. The van der Waals surface area contributed by atoms with Crippen molar-refractivity contribution in [3.05, 3.63) is 57.0 Å². The van der Waals surface area contributed by atoms with Gasteiger partial charge in [0.2, 0.25) is 0 Å². The van der Waals surface area contributed by atoms with E-state index in [1.165, 1.54) is 25.7 Å². The largest absolute Gasteiger partial charge is 0.493 e. The Labute approximate surface area is 170 Å². The SMILES string of the molecule is CCCCCCNCc1cc(OC)c(OCc2ccccc2Cl)cc1Br. The summed E-state index contributed by atoms with van der Waals surface area (Å²) in [6.07, 6.45) is 5.06.